The van der Waals surface area contributed by atoms with Gasteiger partial charge in [-0.15, -0.1) is 0 Å². The fraction of sp³-hybridized carbons (Fsp3) is 0.286. The maximum absolute atomic E-state index is 13.9. The number of nitrogens with zero attached hydrogens (tertiary/aromatic N) is 5. The van der Waals surface area contributed by atoms with Gasteiger partial charge in [0.2, 0.25) is 0 Å². The van der Waals surface area contributed by atoms with Crippen LogP contribution < -0.4 is 0 Å². The molecule has 0 spiro atoms. The molecule has 5 nitrogen and oxygen atoms in total. The maximum Gasteiger partial charge on any atom is 0.264 e. The summed E-state index contributed by atoms with van der Waals surface area (Å²) in [5.41, 5.74) is 4.18. The van der Waals surface area contributed by atoms with Crippen molar-refractivity contribution in [2.75, 3.05) is 0 Å². The molecular weight excluding hydrogens is 360 g/mol. The van der Waals surface area contributed by atoms with Gasteiger partial charge in [0.25, 0.3) is 6.43 Å². The molecule has 0 aliphatic rings. The van der Waals surface area contributed by atoms with Crippen LogP contribution in [0.4, 0.5) is 8.78 Å². The van der Waals surface area contributed by atoms with Crippen molar-refractivity contribution in [2.24, 2.45) is 0 Å². The molecule has 4 aromatic rings. The first-order valence-corrected chi connectivity index (χ1v) is 9.22. The Morgan fingerprint density at radius 2 is 1.82 bits per heavy atom. The largest absolute Gasteiger partial charge is 0.269 e. The van der Waals surface area contributed by atoms with Crippen molar-refractivity contribution < 1.29 is 8.78 Å². The minimum Gasteiger partial charge on any atom is -0.269 e. The summed E-state index contributed by atoms with van der Waals surface area (Å²) in [6.45, 7) is 6.84. The lowest BCUT2D eigenvalue weighted by atomic mass is 10.1. The summed E-state index contributed by atoms with van der Waals surface area (Å²) in [7, 11) is 0. The Morgan fingerprint density at radius 3 is 2.46 bits per heavy atom. The topological polar surface area (TPSA) is 48.5 Å². The monoisotopic (exact) mass is 381 g/mol. The quantitative estimate of drug-likeness (QED) is 0.493. The number of fused-ring (bicyclic) bond motifs is 1. The number of hydrogen-bond donors (Lipinski definition) is 0. The van der Waals surface area contributed by atoms with Crippen LogP contribution in [0.15, 0.2) is 42.6 Å². The van der Waals surface area contributed by atoms with Gasteiger partial charge < -0.3 is 0 Å². The van der Waals surface area contributed by atoms with Crippen molar-refractivity contribution in [1.82, 2.24) is 24.5 Å². The van der Waals surface area contributed by atoms with Crippen LogP contribution in [0, 0.1) is 13.8 Å². The third-order valence-corrected chi connectivity index (χ3v) is 5.00. The van der Waals surface area contributed by atoms with E-state index in [-0.39, 0.29) is 5.56 Å². The Bertz CT molecular complexity index is 1130. The summed E-state index contributed by atoms with van der Waals surface area (Å²) >= 11 is 0. The first kappa shape index (κ1) is 18.3. The lowest BCUT2D eigenvalue weighted by Gasteiger charge is -2.09. The molecule has 0 saturated heterocycles. The average Bonchev–Trinajstić information content (AvgIpc) is 3.21. The van der Waals surface area contributed by atoms with E-state index in [2.05, 4.69) is 10.2 Å². The number of aryl methyl sites for hydroxylation is 2. The molecular formula is C21H21F2N5. The summed E-state index contributed by atoms with van der Waals surface area (Å²) in [4.78, 5) is 4.73. The molecule has 0 N–H and O–H groups in total. The molecule has 0 atom stereocenters. The highest BCUT2D eigenvalue weighted by Crippen LogP contribution is 2.34. The van der Waals surface area contributed by atoms with E-state index in [1.165, 1.54) is 6.07 Å². The standard InChI is InChI=1S/C21H21F2N5/c1-4-27-14(3)17(11-24-27)18-10-16(20(22)23)19-13(2)26-28(21(19)25-18)12-15-8-6-5-7-9-15/h5-11,20H,4,12H2,1-3H3. The van der Waals surface area contributed by atoms with Gasteiger partial charge in [-0.25, -0.2) is 18.4 Å². The van der Waals surface area contributed by atoms with Gasteiger partial charge in [-0.3, -0.25) is 4.68 Å². The lowest BCUT2D eigenvalue weighted by molar-refractivity contribution is 0.153. The van der Waals surface area contributed by atoms with Gasteiger partial charge >= 0.3 is 0 Å². The van der Waals surface area contributed by atoms with Crippen molar-refractivity contribution in [2.45, 2.75) is 40.3 Å². The number of benzene rings is 1. The van der Waals surface area contributed by atoms with E-state index in [0.717, 1.165) is 16.8 Å². The van der Waals surface area contributed by atoms with Crippen molar-refractivity contribution in [3.63, 3.8) is 0 Å². The second-order valence-electron chi connectivity index (χ2n) is 6.78. The van der Waals surface area contributed by atoms with Crippen LogP contribution in [0.2, 0.25) is 0 Å². The highest BCUT2D eigenvalue weighted by Gasteiger charge is 2.22. The number of aromatic nitrogens is 5. The van der Waals surface area contributed by atoms with Crippen LogP contribution in [-0.2, 0) is 13.1 Å². The van der Waals surface area contributed by atoms with Gasteiger partial charge in [0.15, 0.2) is 5.65 Å². The minimum absolute atomic E-state index is 0.0412. The van der Waals surface area contributed by atoms with Crippen molar-refractivity contribution in [3.05, 3.63) is 65.1 Å². The molecule has 1 aromatic carbocycles. The molecule has 3 aromatic heterocycles. The normalized spacial score (nSPS) is 11.6. The average molecular weight is 381 g/mol. The number of hydrogen-bond acceptors (Lipinski definition) is 3. The molecule has 0 amide bonds. The van der Waals surface area contributed by atoms with Crippen molar-refractivity contribution in [3.8, 4) is 11.3 Å². The third-order valence-electron chi connectivity index (χ3n) is 5.00. The fourth-order valence-corrected chi connectivity index (χ4v) is 3.58. The van der Waals surface area contributed by atoms with Crippen LogP contribution in [0.5, 0.6) is 0 Å². The van der Waals surface area contributed by atoms with Crippen LogP contribution in [0.1, 0.15) is 35.9 Å². The van der Waals surface area contributed by atoms with Crippen molar-refractivity contribution in [1.29, 1.82) is 0 Å². The Hall–Kier alpha value is -3.09. The van der Waals surface area contributed by atoms with E-state index in [9.17, 15) is 8.78 Å². The molecule has 28 heavy (non-hydrogen) atoms. The predicted molar refractivity (Wildman–Crippen MR) is 104 cm³/mol. The van der Waals surface area contributed by atoms with Crippen LogP contribution in [0.25, 0.3) is 22.3 Å². The Kier molecular flexibility index (Phi) is 4.66. The van der Waals surface area contributed by atoms with E-state index in [1.54, 1.807) is 17.8 Å². The molecule has 0 unspecified atom stereocenters. The van der Waals surface area contributed by atoms with E-state index < -0.39 is 6.43 Å². The molecule has 0 saturated carbocycles. The van der Waals surface area contributed by atoms with E-state index in [0.29, 0.717) is 35.5 Å². The zero-order valence-electron chi connectivity index (χ0n) is 16.0. The molecule has 3 heterocycles. The van der Waals surface area contributed by atoms with Gasteiger partial charge in [-0.05, 0) is 32.4 Å². The van der Waals surface area contributed by atoms with Gasteiger partial charge in [0, 0.05) is 23.4 Å². The minimum atomic E-state index is -2.61. The molecule has 144 valence electrons. The molecule has 0 radical (unpaired) electrons. The Labute approximate surface area is 161 Å². The highest BCUT2D eigenvalue weighted by molar-refractivity contribution is 5.85. The first-order chi connectivity index (χ1) is 13.5. The highest BCUT2D eigenvalue weighted by atomic mass is 19.3. The van der Waals surface area contributed by atoms with Gasteiger partial charge in [0.1, 0.15) is 0 Å². The Morgan fingerprint density at radius 1 is 1.07 bits per heavy atom. The summed E-state index contributed by atoms with van der Waals surface area (Å²) < 4.78 is 31.3. The van der Waals surface area contributed by atoms with E-state index in [1.807, 2.05) is 48.9 Å². The maximum atomic E-state index is 13.9. The SMILES string of the molecule is CCn1ncc(-c2cc(C(F)F)c3c(C)nn(Cc4ccccc4)c3n2)c1C. The number of pyridine rings is 1. The summed E-state index contributed by atoms with van der Waals surface area (Å²) in [5.74, 6) is 0. The smallest absolute Gasteiger partial charge is 0.264 e. The third kappa shape index (κ3) is 3.06. The van der Waals surface area contributed by atoms with Crippen molar-refractivity contribution >= 4 is 11.0 Å². The zero-order valence-corrected chi connectivity index (χ0v) is 16.0. The van der Waals surface area contributed by atoms with Gasteiger partial charge in [-0.2, -0.15) is 10.2 Å². The number of halogens is 2. The fourth-order valence-electron chi connectivity index (χ4n) is 3.58. The molecule has 0 fully saturated rings. The van der Waals surface area contributed by atoms with Crippen LogP contribution in [0.3, 0.4) is 0 Å². The zero-order chi connectivity index (χ0) is 19.8. The van der Waals surface area contributed by atoms with E-state index in [4.69, 9.17) is 4.98 Å². The summed E-state index contributed by atoms with van der Waals surface area (Å²) in [6.07, 6.45) is -0.925. The number of alkyl halides is 2. The van der Waals surface area contributed by atoms with Gasteiger partial charge in [0.05, 0.1) is 29.5 Å². The first-order valence-electron chi connectivity index (χ1n) is 9.22. The van der Waals surface area contributed by atoms with E-state index >= 15 is 0 Å². The van der Waals surface area contributed by atoms with Gasteiger partial charge in [-0.1, -0.05) is 30.3 Å². The lowest BCUT2D eigenvalue weighted by Crippen LogP contribution is -2.04. The second-order valence-corrected chi connectivity index (χ2v) is 6.78. The molecule has 7 heteroatoms. The summed E-state index contributed by atoms with van der Waals surface area (Å²) in [5, 5.41) is 9.26. The molecule has 0 aliphatic carbocycles. The number of rotatable bonds is 5. The predicted octanol–water partition coefficient (Wildman–Crippen LogP) is 4.92. The molecule has 4 rings (SSSR count). The molecule has 0 aliphatic heterocycles. The molecule has 0 bridgehead atoms. The van der Waals surface area contributed by atoms with Crippen LogP contribution in [-0.4, -0.2) is 24.5 Å². The summed E-state index contributed by atoms with van der Waals surface area (Å²) in [6, 6.07) is 11.3. The second kappa shape index (κ2) is 7.14. The van der Waals surface area contributed by atoms with Crippen LogP contribution >= 0.6 is 0 Å². The Balaban J connectivity index is 1.93.